The summed E-state index contributed by atoms with van der Waals surface area (Å²) in [4.78, 5) is 12.4. The van der Waals surface area contributed by atoms with Gasteiger partial charge in [0.05, 0.1) is 22.1 Å². The van der Waals surface area contributed by atoms with E-state index in [0.717, 1.165) is 48.9 Å². The smallest absolute Gasteiger partial charge is 0.268 e. The second-order valence-electron chi connectivity index (χ2n) is 8.94. The first kappa shape index (κ1) is 26.9. The molecule has 0 heterocycles. The van der Waals surface area contributed by atoms with Gasteiger partial charge in [-0.15, -0.1) is 0 Å². The van der Waals surface area contributed by atoms with Gasteiger partial charge in [0.15, 0.2) is 0 Å². The summed E-state index contributed by atoms with van der Waals surface area (Å²) in [6.45, 7) is 1.11. The molecule has 3 aromatic rings. The minimum Gasteiger partial charge on any atom is -0.492 e. The predicted molar refractivity (Wildman–Crippen MR) is 139 cm³/mol. The molecule has 10 heteroatoms. The van der Waals surface area contributed by atoms with Crippen molar-refractivity contribution >= 4 is 27.5 Å². The van der Waals surface area contributed by atoms with Gasteiger partial charge >= 0.3 is 0 Å². The molecule has 196 valence electrons. The summed E-state index contributed by atoms with van der Waals surface area (Å²) in [5.74, 6) is -1.11. The van der Waals surface area contributed by atoms with Crippen LogP contribution in [0.1, 0.15) is 47.2 Å². The van der Waals surface area contributed by atoms with Crippen LogP contribution in [0, 0.1) is 11.7 Å². The summed E-state index contributed by atoms with van der Waals surface area (Å²) in [5.41, 5.74) is 7.04. The molecule has 37 heavy (non-hydrogen) atoms. The Morgan fingerprint density at radius 2 is 1.73 bits per heavy atom. The minimum atomic E-state index is -4.27. The summed E-state index contributed by atoms with van der Waals surface area (Å²) >= 11 is 6.19. The third-order valence-electron chi connectivity index (χ3n) is 6.21. The number of sulfonamides is 1. The van der Waals surface area contributed by atoms with E-state index in [1.165, 1.54) is 24.3 Å². The molecule has 4 rings (SSSR count). The molecule has 7 nitrogen and oxygen atoms in total. The van der Waals surface area contributed by atoms with Gasteiger partial charge in [-0.3, -0.25) is 4.79 Å². The SMILES string of the molecule is NCc1cccc(COc2ccc(S(=O)(=O)NC(=O)c3cc(Cl)c(OCC4CCCC4)cc3F)cc2)c1. The lowest BCUT2D eigenvalue weighted by atomic mass is 10.1. The van der Waals surface area contributed by atoms with Crippen molar-refractivity contribution in [2.24, 2.45) is 11.7 Å². The molecule has 1 aliphatic rings. The number of hydrogen-bond donors (Lipinski definition) is 2. The highest BCUT2D eigenvalue weighted by atomic mass is 35.5. The Kier molecular flexibility index (Phi) is 8.68. The first-order chi connectivity index (χ1) is 17.7. The van der Waals surface area contributed by atoms with Crippen molar-refractivity contribution in [2.45, 2.75) is 43.7 Å². The molecule has 1 amide bonds. The Morgan fingerprint density at radius 3 is 2.43 bits per heavy atom. The molecular formula is C27H28ClFN2O5S. The number of hydrogen-bond acceptors (Lipinski definition) is 6. The van der Waals surface area contributed by atoms with Gasteiger partial charge in [-0.25, -0.2) is 17.5 Å². The van der Waals surface area contributed by atoms with Crippen LogP contribution in [0.2, 0.25) is 5.02 Å². The van der Waals surface area contributed by atoms with Crippen molar-refractivity contribution in [3.8, 4) is 11.5 Å². The van der Waals surface area contributed by atoms with E-state index in [9.17, 15) is 17.6 Å². The molecule has 1 fully saturated rings. The average molecular weight is 547 g/mol. The molecule has 0 unspecified atom stereocenters. The zero-order valence-electron chi connectivity index (χ0n) is 20.1. The summed E-state index contributed by atoms with van der Waals surface area (Å²) in [7, 11) is -4.27. The zero-order valence-corrected chi connectivity index (χ0v) is 21.7. The molecule has 0 saturated heterocycles. The second-order valence-corrected chi connectivity index (χ2v) is 11.0. The third-order valence-corrected chi connectivity index (χ3v) is 7.85. The highest BCUT2D eigenvalue weighted by Gasteiger charge is 2.23. The number of halogens is 2. The lowest BCUT2D eigenvalue weighted by Gasteiger charge is -2.14. The number of carbonyl (C=O) groups is 1. The molecule has 0 aromatic heterocycles. The van der Waals surface area contributed by atoms with Crippen LogP contribution in [0.4, 0.5) is 4.39 Å². The number of nitrogens with two attached hydrogens (primary N) is 1. The highest BCUT2D eigenvalue weighted by Crippen LogP contribution is 2.31. The van der Waals surface area contributed by atoms with E-state index in [4.69, 9.17) is 26.8 Å². The van der Waals surface area contributed by atoms with Crippen molar-refractivity contribution in [2.75, 3.05) is 6.61 Å². The largest absolute Gasteiger partial charge is 0.492 e. The normalized spacial score (nSPS) is 13.9. The van der Waals surface area contributed by atoms with Gasteiger partial charge in [0.25, 0.3) is 15.9 Å². The number of rotatable bonds is 10. The molecule has 3 N–H and O–H groups in total. The maximum atomic E-state index is 14.7. The fraction of sp³-hybridized carbons (Fsp3) is 0.296. The highest BCUT2D eigenvalue weighted by molar-refractivity contribution is 7.90. The Labute approximate surface area is 220 Å². The van der Waals surface area contributed by atoms with Gasteiger partial charge in [-0.2, -0.15) is 0 Å². The van der Waals surface area contributed by atoms with Crippen LogP contribution in [0.15, 0.2) is 65.6 Å². The first-order valence-electron chi connectivity index (χ1n) is 11.9. The quantitative estimate of drug-likeness (QED) is 0.362. The first-order valence-corrected chi connectivity index (χ1v) is 13.8. The molecular weight excluding hydrogens is 519 g/mol. The van der Waals surface area contributed by atoms with E-state index < -0.39 is 27.3 Å². The molecule has 0 spiro atoms. The molecule has 1 aliphatic carbocycles. The average Bonchev–Trinajstić information content (AvgIpc) is 3.41. The molecule has 3 aromatic carbocycles. The maximum absolute atomic E-state index is 14.7. The lowest BCUT2D eigenvalue weighted by molar-refractivity contribution is 0.0977. The van der Waals surface area contributed by atoms with Crippen molar-refractivity contribution in [1.82, 2.24) is 4.72 Å². The van der Waals surface area contributed by atoms with Crippen molar-refractivity contribution in [3.63, 3.8) is 0 Å². The van der Waals surface area contributed by atoms with Crippen LogP contribution >= 0.6 is 11.6 Å². The number of nitrogens with one attached hydrogen (secondary N) is 1. The van der Waals surface area contributed by atoms with E-state index in [-0.39, 0.29) is 22.3 Å². The fourth-order valence-corrected chi connectivity index (χ4v) is 5.35. The standard InChI is InChI=1S/C27H28ClFN2O5S/c28-24-13-23(25(29)14-26(24)36-16-18-4-1-2-5-18)27(32)31-37(33,34)22-10-8-21(9-11-22)35-17-20-7-3-6-19(12-20)15-30/h3,6-14,18H,1-2,4-5,15-17,30H2,(H,31,32). The number of ether oxygens (including phenoxy) is 2. The van der Waals surface area contributed by atoms with E-state index in [0.29, 0.717) is 24.8 Å². The van der Waals surface area contributed by atoms with E-state index in [1.54, 1.807) is 0 Å². The van der Waals surface area contributed by atoms with Gasteiger partial charge in [-0.05, 0) is 60.2 Å². The van der Waals surface area contributed by atoms with Crippen LogP contribution in [0.3, 0.4) is 0 Å². The lowest BCUT2D eigenvalue weighted by Crippen LogP contribution is -2.31. The van der Waals surface area contributed by atoms with Crippen LogP contribution in [0.25, 0.3) is 0 Å². The molecule has 1 saturated carbocycles. The van der Waals surface area contributed by atoms with Gasteiger partial charge in [-0.1, -0.05) is 48.7 Å². The Morgan fingerprint density at radius 1 is 1.03 bits per heavy atom. The van der Waals surface area contributed by atoms with Crippen LogP contribution in [0.5, 0.6) is 11.5 Å². The van der Waals surface area contributed by atoms with E-state index in [1.807, 2.05) is 29.0 Å². The number of amides is 1. The van der Waals surface area contributed by atoms with E-state index in [2.05, 4.69) is 0 Å². The summed E-state index contributed by atoms with van der Waals surface area (Å²) in [5, 5.41) is 0.0282. The summed E-state index contributed by atoms with van der Waals surface area (Å²) in [6.07, 6.45) is 4.38. The predicted octanol–water partition coefficient (Wildman–Crippen LogP) is 5.20. The van der Waals surface area contributed by atoms with Crippen molar-refractivity contribution < 1.29 is 27.1 Å². The topological polar surface area (TPSA) is 108 Å². The minimum absolute atomic E-state index is 0.0282. The maximum Gasteiger partial charge on any atom is 0.268 e. The summed E-state index contributed by atoms with van der Waals surface area (Å²) in [6, 6.07) is 15.2. The van der Waals surface area contributed by atoms with Gasteiger partial charge < -0.3 is 15.2 Å². The van der Waals surface area contributed by atoms with Gasteiger partial charge in [0.1, 0.15) is 23.9 Å². The Balaban J connectivity index is 1.38. The zero-order chi connectivity index (χ0) is 26.4. The fourth-order valence-electron chi connectivity index (χ4n) is 4.16. The van der Waals surface area contributed by atoms with Crippen LogP contribution < -0.4 is 19.9 Å². The van der Waals surface area contributed by atoms with E-state index >= 15 is 0 Å². The van der Waals surface area contributed by atoms with Crippen LogP contribution in [-0.2, 0) is 23.2 Å². The van der Waals surface area contributed by atoms with Crippen molar-refractivity contribution in [1.29, 1.82) is 0 Å². The molecule has 0 radical (unpaired) electrons. The summed E-state index contributed by atoms with van der Waals surface area (Å²) < 4.78 is 53.3. The van der Waals surface area contributed by atoms with Crippen LogP contribution in [-0.4, -0.2) is 20.9 Å². The molecule has 0 aliphatic heterocycles. The number of benzene rings is 3. The van der Waals surface area contributed by atoms with Gasteiger partial charge in [0, 0.05) is 12.6 Å². The second kappa shape index (κ2) is 11.9. The van der Waals surface area contributed by atoms with Gasteiger partial charge in [0.2, 0.25) is 0 Å². The number of carbonyl (C=O) groups excluding carboxylic acids is 1. The molecule has 0 bridgehead atoms. The third kappa shape index (κ3) is 7.00. The van der Waals surface area contributed by atoms with Crippen molar-refractivity contribution in [3.05, 3.63) is 88.2 Å². The molecule has 0 atom stereocenters. The Hall–Kier alpha value is -3.14. The Bertz CT molecular complexity index is 1360. The monoisotopic (exact) mass is 546 g/mol.